The van der Waals surface area contributed by atoms with Crippen LogP contribution in [-0.2, 0) is 19.1 Å². The van der Waals surface area contributed by atoms with Crippen molar-refractivity contribution in [3.63, 3.8) is 0 Å². The van der Waals surface area contributed by atoms with Gasteiger partial charge in [-0.15, -0.1) is 0 Å². The fourth-order valence-electron chi connectivity index (χ4n) is 3.00. The van der Waals surface area contributed by atoms with Crippen LogP contribution in [0.25, 0.3) is 0 Å². The second-order valence-electron chi connectivity index (χ2n) is 7.61. The van der Waals surface area contributed by atoms with Gasteiger partial charge >= 0.3 is 11.9 Å². The molecule has 0 bridgehead atoms. The average molecular weight is 338 g/mol. The van der Waals surface area contributed by atoms with Crippen LogP contribution >= 0.6 is 0 Å². The van der Waals surface area contributed by atoms with E-state index in [0.717, 1.165) is 32.1 Å². The number of carbonyl (C=O) groups excluding carboxylic acids is 2. The van der Waals surface area contributed by atoms with E-state index in [-0.39, 0.29) is 29.7 Å². The van der Waals surface area contributed by atoms with Crippen LogP contribution in [0.5, 0.6) is 0 Å². The van der Waals surface area contributed by atoms with Crippen LogP contribution in [-0.4, -0.2) is 25.2 Å². The Morgan fingerprint density at radius 2 is 1.42 bits per heavy atom. The summed E-state index contributed by atoms with van der Waals surface area (Å²) < 4.78 is 10.9. The molecule has 0 spiro atoms. The highest BCUT2D eigenvalue weighted by atomic mass is 16.5. The smallest absolute Gasteiger partial charge is 0.334 e. The number of hydrogen-bond donors (Lipinski definition) is 0. The molecule has 0 aliphatic heterocycles. The zero-order chi connectivity index (χ0) is 18.1. The Hall–Kier alpha value is -1.32. The molecule has 0 unspecified atom stereocenters. The third-order valence-corrected chi connectivity index (χ3v) is 4.15. The minimum Gasteiger partial charge on any atom is -0.462 e. The highest BCUT2D eigenvalue weighted by Crippen LogP contribution is 2.35. The van der Waals surface area contributed by atoms with Crippen molar-refractivity contribution in [2.45, 2.75) is 73.1 Å². The van der Waals surface area contributed by atoms with Crippen molar-refractivity contribution in [3.05, 3.63) is 11.1 Å². The number of carbonyl (C=O) groups is 2. The maximum Gasteiger partial charge on any atom is 0.334 e. The van der Waals surface area contributed by atoms with Gasteiger partial charge in [0, 0.05) is 5.57 Å². The third-order valence-electron chi connectivity index (χ3n) is 4.15. The molecule has 0 saturated heterocycles. The van der Waals surface area contributed by atoms with Gasteiger partial charge in [-0.25, -0.2) is 9.59 Å². The lowest BCUT2D eigenvalue weighted by molar-refractivity contribution is -0.144. The van der Waals surface area contributed by atoms with Crippen molar-refractivity contribution in [1.82, 2.24) is 0 Å². The molecule has 0 amide bonds. The van der Waals surface area contributed by atoms with Gasteiger partial charge in [-0.3, -0.25) is 0 Å². The molecule has 1 aliphatic carbocycles. The lowest BCUT2D eigenvalue weighted by Gasteiger charge is -2.19. The first-order valence-electron chi connectivity index (χ1n) is 9.44. The summed E-state index contributed by atoms with van der Waals surface area (Å²) in [5.74, 6) is 0.0354. The predicted molar refractivity (Wildman–Crippen MR) is 95.5 cm³/mol. The largest absolute Gasteiger partial charge is 0.462 e. The zero-order valence-corrected chi connectivity index (χ0v) is 16.0. The van der Waals surface area contributed by atoms with Crippen molar-refractivity contribution in [3.8, 4) is 0 Å². The molecule has 4 heteroatoms. The van der Waals surface area contributed by atoms with Gasteiger partial charge in [0.15, 0.2) is 0 Å². The second-order valence-corrected chi connectivity index (χ2v) is 7.61. The summed E-state index contributed by atoms with van der Waals surface area (Å²) in [5.41, 5.74) is 1.13. The lowest BCUT2D eigenvalue weighted by atomic mass is 9.90. The van der Waals surface area contributed by atoms with E-state index in [1.54, 1.807) is 0 Å². The highest BCUT2D eigenvalue weighted by Gasteiger charge is 2.31. The molecule has 0 aromatic heterocycles. The van der Waals surface area contributed by atoms with Gasteiger partial charge in [0.1, 0.15) is 0 Å². The third kappa shape index (κ3) is 6.66. The van der Waals surface area contributed by atoms with Crippen molar-refractivity contribution in [2.24, 2.45) is 17.8 Å². The van der Waals surface area contributed by atoms with Crippen molar-refractivity contribution in [1.29, 1.82) is 0 Å². The molecule has 1 fully saturated rings. The summed E-state index contributed by atoms with van der Waals surface area (Å²) >= 11 is 0. The molecule has 138 valence electrons. The number of ether oxygens (including phenoxy) is 2. The van der Waals surface area contributed by atoms with Crippen LogP contribution in [0, 0.1) is 17.8 Å². The van der Waals surface area contributed by atoms with E-state index in [1.807, 2.05) is 34.6 Å². The topological polar surface area (TPSA) is 52.6 Å². The quantitative estimate of drug-likeness (QED) is 0.453. The Morgan fingerprint density at radius 1 is 0.917 bits per heavy atom. The SMILES string of the molecule is CCCC(C(=O)OCC(C)C)=C(C(=O)OCC(C)C)C1CCCC1. The molecule has 1 aliphatic rings. The van der Waals surface area contributed by atoms with Crippen LogP contribution < -0.4 is 0 Å². The maximum absolute atomic E-state index is 12.7. The summed E-state index contributed by atoms with van der Waals surface area (Å²) in [5, 5.41) is 0. The van der Waals surface area contributed by atoms with Crippen LogP contribution in [0.15, 0.2) is 11.1 Å². The maximum atomic E-state index is 12.7. The van der Waals surface area contributed by atoms with Gasteiger partial charge in [-0.1, -0.05) is 53.9 Å². The Bertz CT molecular complexity index is 443. The average Bonchev–Trinajstić information content (AvgIpc) is 3.04. The minimum atomic E-state index is -0.339. The number of hydrogen-bond acceptors (Lipinski definition) is 4. The Morgan fingerprint density at radius 3 is 1.88 bits per heavy atom. The van der Waals surface area contributed by atoms with Crippen molar-refractivity contribution < 1.29 is 19.1 Å². The van der Waals surface area contributed by atoms with E-state index in [9.17, 15) is 9.59 Å². The Balaban J connectivity index is 3.07. The first kappa shape index (κ1) is 20.7. The molecule has 0 heterocycles. The summed E-state index contributed by atoms with van der Waals surface area (Å²) in [4.78, 5) is 25.3. The van der Waals surface area contributed by atoms with Gasteiger partial charge < -0.3 is 9.47 Å². The first-order chi connectivity index (χ1) is 11.4. The molecule has 1 rings (SSSR count). The predicted octanol–water partition coefficient (Wildman–Crippen LogP) is 4.67. The molecule has 4 nitrogen and oxygen atoms in total. The monoisotopic (exact) mass is 338 g/mol. The number of esters is 2. The van der Waals surface area contributed by atoms with Gasteiger partial charge in [0.25, 0.3) is 0 Å². The summed E-state index contributed by atoms with van der Waals surface area (Å²) in [6, 6.07) is 0. The molecule has 24 heavy (non-hydrogen) atoms. The van der Waals surface area contributed by atoms with Crippen molar-refractivity contribution >= 4 is 11.9 Å². The molecule has 1 saturated carbocycles. The van der Waals surface area contributed by atoms with Crippen molar-refractivity contribution in [2.75, 3.05) is 13.2 Å². The fourth-order valence-corrected chi connectivity index (χ4v) is 3.00. The summed E-state index contributed by atoms with van der Waals surface area (Å²) in [7, 11) is 0. The summed E-state index contributed by atoms with van der Waals surface area (Å²) in [6.07, 6.45) is 5.49. The van der Waals surface area contributed by atoms with E-state index in [4.69, 9.17) is 9.47 Å². The van der Waals surface area contributed by atoms with Gasteiger partial charge in [0.05, 0.1) is 18.8 Å². The molecule has 0 aromatic rings. The van der Waals surface area contributed by atoms with Crippen LogP contribution in [0.1, 0.15) is 73.1 Å². The molecule has 0 N–H and O–H groups in total. The normalized spacial score (nSPS) is 16.5. The second kappa shape index (κ2) is 10.5. The molecule has 0 atom stereocenters. The fraction of sp³-hybridized carbons (Fsp3) is 0.800. The Kier molecular flexibility index (Phi) is 9.09. The molecular formula is C20H34O4. The van der Waals surface area contributed by atoms with Gasteiger partial charge in [0.2, 0.25) is 0 Å². The van der Waals surface area contributed by atoms with Gasteiger partial charge in [-0.05, 0) is 37.0 Å². The molecule has 0 radical (unpaired) electrons. The zero-order valence-electron chi connectivity index (χ0n) is 16.0. The van der Waals surface area contributed by atoms with E-state index in [1.165, 1.54) is 0 Å². The van der Waals surface area contributed by atoms with Gasteiger partial charge in [-0.2, -0.15) is 0 Å². The van der Waals surface area contributed by atoms with E-state index >= 15 is 0 Å². The highest BCUT2D eigenvalue weighted by molar-refractivity contribution is 6.00. The summed E-state index contributed by atoms with van der Waals surface area (Å²) in [6.45, 7) is 10.8. The number of rotatable bonds is 9. The van der Waals surface area contributed by atoms with Crippen LogP contribution in [0.4, 0.5) is 0 Å². The lowest BCUT2D eigenvalue weighted by Crippen LogP contribution is -2.23. The molecule has 0 aromatic carbocycles. The minimum absolute atomic E-state index is 0.137. The van der Waals surface area contributed by atoms with E-state index < -0.39 is 0 Å². The van der Waals surface area contributed by atoms with E-state index in [2.05, 4.69) is 0 Å². The van der Waals surface area contributed by atoms with E-state index in [0.29, 0.717) is 30.8 Å². The Labute approximate surface area is 147 Å². The molecular weight excluding hydrogens is 304 g/mol. The first-order valence-corrected chi connectivity index (χ1v) is 9.44. The standard InChI is InChI=1S/C20H34O4/c1-6-9-17(19(21)23-12-14(2)3)18(16-10-7-8-11-16)20(22)24-13-15(4)5/h14-16H,6-13H2,1-5H3. The van der Waals surface area contributed by atoms with Crippen LogP contribution in [0.3, 0.4) is 0 Å². The van der Waals surface area contributed by atoms with Crippen LogP contribution in [0.2, 0.25) is 0 Å².